The molecule has 0 saturated carbocycles. The maximum atomic E-state index is 12.5. The summed E-state index contributed by atoms with van der Waals surface area (Å²) in [7, 11) is 1.54. The lowest BCUT2D eigenvalue weighted by Crippen LogP contribution is -2.18. The highest BCUT2D eigenvalue weighted by Gasteiger charge is 2.32. The predicted molar refractivity (Wildman–Crippen MR) is 85.0 cm³/mol. The first kappa shape index (κ1) is 17.9. The number of nitrogens with two attached hydrogens (primary N) is 1. The summed E-state index contributed by atoms with van der Waals surface area (Å²) in [6.45, 7) is 0.667. The van der Waals surface area contributed by atoms with E-state index in [2.05, 4.69) is 4.74 Å². The Kier molecular flexibility index (Phi) is 5.92. The van der Waals surface area contributed by atoms with Crippen LogP contribution in [-0.4, -0.2) is 26.7 Å². The van der Waals surface area contributed by atoms with Crippen molar-refractivity contribution in [2.45, 2.75) is 12.8 Å². The number of benzene rings is 2. The Morgan fingerprint density at radius 2 is 1.58 bits per heavy atom. The predicted octanol–water partition coefficient (Wildman–Crippen LogP) is 4.25. The number of nitrogen functional groups attached to an aromatic ring is 1. The van der Waals surface area contributed by atoms with E-state index in [0.29, 0.717) is 24.3 Å². The van der Waals surface area contributed by atoms with Crippen LogP contribution in [0.5, 0.6) is 11.5 Å². The van der Waals surface area contributed by atoms with E-state index >= 15 is 0 Å². The zero-order valence-electron chi connectivity index (χ0n) is 13.1. The number of hydrogen-bond acceptors (Lipinski definition) is 4. The van der Waals surface area contributed by atoms with Gasteiger partial charge in [0.2, 0.25) is 0 Å². The summed E-state index contributed by atoms with van der Waals surface area (Å²) in [5, 5.41) is 0. The molecule has 0 radical (unpaired) electrons. The van der Waals surface area contributed by atoms with E-state index < -0.39 is 6.36 Å². The smallest absolute Gasteiger partial charge is 0.490 e. The number of rotatable bonds is 7. The molecule has 0 fully saturated rings. The Balaban J connectivity index is 2.26. The van der Waals surface area contributed by atoms with Crippen molar-refractivity contribution < 1.29 is 27.4 Å². The van der Waals surface area contributed by atoms with Gasteiger partial charge in [-0.1, -0.05) is 18.2 Å². The van der Waals surface area contributed by atoms with Crippen LogP contribution in [-0.2, 0) is 4.74 Å². The molecule has 0 unspecified atom stereocenters. The first-order valence-electron chi connectivity index (χ1n) is 7.26. The van der Waals surface area contributed by atoms with Crippen LogP contribution in [0.25, 0.3) is 11.1 Å². The van der Waals surface area contributed by atoms with E-state index in [-0.39, 0.29) is 18.1 Å². The van der Waals surface area contributed by atoms with Crippen molar-refractivity contribution in [3.8, 4) is 22.6 Å². The van der Waals surface area contributed by atoms with Gasteiger partial charge in [-0.3, -0.25) is 0 Å². The van der Waals surface area contributed by atoms with Crippen LogP contribution in [0, 0.1) is 0 Å². The van der Waals surface area contributed by atoms with Crippen LogP contribution >= 0.6 is 0 Å². The fraction of sp³-hybridized carbons (Fsp3) is 0.294. The average Bonchev–Trinajstić information content (AvgIpc) is 2.52. The molecule has 0 aliphatic rings. The van der Waals surface area contributed by atoms with Gasteiger partial charge in [-0.15, -0.1) is 13.2 Å². The topological polar surface area (TPSA) is 53.7 Å². The third-order valence-electron chi connectivity index (χ3n) is 3.16. The van der Waals surface area contributed by atoms with Gasteiger partial charge in [0, 0.05) is 25.8 Å². The lowest BCUT2D eigenvalue weighted by molar-refractivity contribution is -0.275. The number of hydrogen-bond donors (Lipinski definition) is 1. The normalized spacial score (nSPS) is 11.3. The molecule has 0 heterocycles. The van der Waals surface area contributed by atoms with Crippen molar-refractivity contribution in [3.63, 3.8) is 0 Å². The second-order valence-electron chi connectivity index (χ2n) is 5.03. The molecule has 4 nitrogen and oxygen atoms in total. The summed E-state index contributed by atoms with van der Waals surface area (Å²) in [5.41, 5.74) is 7.75. The molecule has 2 aromatic carbocycles. The van der Waals surface area contributed by atoms with Crippen molar-refractivity contribution in [1.29, 1.82) is 0 Å². The monoisotopic (exact) mass is 341 g/mol. The molecule has 0 spiro atoms. The Labute approximate surface area is 137 Å². The minimum Gasteiger partial charge on any atom is -0.490 e. The molecule has 7 heteroatoms. The highest BCUT2D eigenvalue weighted by atomic mass is 19.4. The van der Waals surface area contributed by atoms with Crippen molar-refractivity contribution >= 4 is 5.69 Å². The quantitative estimate of drug-likeness (QED) is 0.604. The number of alkyl halides is 3. The van der Waals surface area contributed by atoms with Gasteiger partial charge in [-0.2, -0.15) is 0 Å². The van der Waals surface area contributed by atoms with Crippen LogP contribution in [0.4, 0.5) is 18.9 Å². The van der Waals surface area contributed by atoms with E-state index in [1.54, 1.807) is 31.4 Å². The second kappa shape index (κ2) is 7.92. The summed E-state index contributed by atoms with van der Waals surface area (Å²) in [5.74, 6) is -0.350. The molecule has 2 aromatic rings. The molecule has 130 valence electrons. The molecule has 0 aliphatic heterocycles. The Morgan fingerprint density at radius 3 is 2.21 bits per heavy atom. The molecule has 2 N–H and O–H groups in total. The van der Waals surface area contributed by atoms with E-state index in [9.17, 15) is 13.2 Å². The van der Waals surface area contributed by atoms with Gasteiger partial charge >= 0.3 is 6.36 Å². The standard InChI is InChI=1S/C17H18F3NO3/c1-22-9-2-10-23-16-11-13(12-3-6-14(21)7-4-12)5-8-15(16)24-17(18,19)20/h3-8,11H,2,9-10,21H2,1H3. The van der Waals surface area contributed by atoms with Crippen LogP contribution in [0.2, 0.25) is 0 Å². The fourth-order valence-electron chi connectivity index (χ4n) is 2.07. The lowest BCUT2D eigenvalue weighted by Gasteiger charge is -2.15. The zero-order valence-corrected chi connectivity index (χ0v) is 13.1. The molecule has 0 bridgehead atoms. The lowest BCUT2D eigenvalue weighted by atomic mass is 10.0. The molecular weight excluding hydrogens is 323 g/mol. The van der Waals surface area contributed by atoms with Crippen LogP contribution in [0.3, 0.4) is 0 Å². The molecule has 0 amide bonds. The Bertz CT molecular complexity index is 657. The van der Waals surface area contributed by atoms with Gasteiger partial charge in [0.1, 0.15) is 0 Å². The first-order chi connectivity index (χ1) is 11.4. The fourth-order valence-corrected chi connectivity index (χ4v) is 2.07. The van der Waals surface area contributed by atoms with Crippen LogP contribution in [0.1, 0.15) is 6.42 Å². The van der Waals surface area contributed by atoms with E-state index in [4.69, 9.17) is 15.2 Å². The van der Waals surface area contributed by atoms with Crippen molar-refractivity contribution in [2.24, 2.45) is 0 Å². The summed E-state index contributed by atoms with van der Waals surface area (Å²) in [6, 6.07) is 11.3. The number of methoxy groups -OCH3 is 1. The van der Waals surface area contributed by atoms with Gasteiger partial charge in [-0.25, -0.2) is 0 Å². The molecule has 0 aliphatic carbocycles. The van der Waals surface area contributed by atoms with Crippen LogP contribution in [0.15, 0.2) is 42.5 Å². The first-order valence-corrected chi connectivity index (χ1v) is 7.26. The summed E-state index contributed by atoms with van der Waals surface area (Å²) < 4.78 is 51.9. The van der Waals surface area contributed by atoms with E-state index in [0.717, 1.165) is 5.56 Å². The minimum absolute atomic E-state index is 0.0257. The number of ether oxygens (including phenoxy) is 3. The highest BCUT2D eigenvalue weighted by Crippen LogP contribution is 2.36. The third-order valence-corrected chi connectivity index (χ3v) is 3.16. The minimum atomic E-state index is -4.78. The van der Waals surface area contributed by atoms with Gasteiger partial charge in [0.25, 0.3) is 0 Å². The van der Waals surface area contributed by atoms with Gasteiger partial charge in [0.15, 0.2) is 11.5 Å². The van der Waals surface area contributed by atoms with E-state index in [1.165, 1.54) is 18.2 Å². The van der Waals surface area contributed by atoms with Crippen LogP contribution < -0.4 is 15.2 Å². The maximum Gasteiger partial charge on any atom is 0.573 e. The van der Waals surface area contributed by atoms with E-state index in [1.807, 2.05) is 0 Å². The summed E-state index contributed by atoms with van der Waals surface area (Å²) >= 11 is 0. The SMILES string of the molecule is COCCCOc1cc(-c2ccc(N)cc2)ccc1OC(F)(F)F. The molecule has 0 saturated heterocycles. The summed E-state index contributed by atoms with van der Waals surface area (Å²) in [4.78, 5) is 0. The number of anilines is 1. The molecule has 0 aromatic heterocycles. The van der Waals surface area contributed by atoms with Gasteiger partial charge < -0.3 is 19.9 Å². The largest absolute Gasteiger partial charge is 0.573 e. The maximum absolute atomic E-state index is 12.5. The Morgan fingerprint density at radius 1 is 0.917 bits per heavy atom. The summed E-state index contributed by atoms with van der Waals surface area (Å²) in [6.07, 6.45) is -4.23. The highest BCUT2D eigenvalue weighted by molar-refractivity contribution is 5.68. The number of halogens is 3. The zero-order chi connectivity index (χ0) is 17.6. The van der Waals surface area contributed by atoms with Crippen molar-refractivity contribution in [1.82, 2.24) is 0 Å². The average molecular weight is 341 g/mol. The van der Waals surface area contributed by atoms with Crippen molar-refractivity contribution in [2.75, 3.05) is 26.1 Å². The van der Waals surface area contributed by atoms with Gasteiger partial charge in [0.05, 0.1) is 6.61 Å². The molecular formula is C17H18F3NO3. The third kappa shape index (κ3) is 5.34. The Hall–Kier alpha value is -2.41. The van der Waals surface area contributed by atoms with Gasteiger partial charge in [-0.05, 0) is 35.4 Å². The molecule has 0 atom stereocenters. The molecule has 24 heavy (non-hydrogen) atoms. The van der Waals surface area contributed by atoms with Crippen molar-refractivity contribution in [3.05, 3.63) is 42.5 Å². The molecule has 2 rings (SSSR count). The second-order valence-corrected chi connectivity index (χ2v) is 5.03.